The van der Waals surface area contributed by atoms with Crippen LogP contribution in [-0.4, -0.2) is 158 Å². The summed E-state index contributed by atoms with van der Waals surface area (Å²) in [7, 11) is 0. The minimum Gasteiger partial charge on any atom is -0.481 e. The standard InChI is InChI=1S/C45H70O17/c1-21-33-29(62-45(21)13-8-23(20-57-45)19-56-32(49)17-42(3,55)16-31(47)48)15-28-26-7-6-24-14-25(9-11-43(24,4)27(26)10-12-44(28,33)5)59-41-39(37(53)35(51)30(18-46)60-41)61-40-38(54)36(52)34(50)22(2)58-40/h6,21-23,25-30,33-41,46,50-55H,7-20H2,1-5H3,(H,47,48)/t21-,22-,23-,25-,26+,27+,28-,29-,30+,33-,34-,35+,36+,37-,38+,39+,40-,41+,42-,43-,44-,45+/m0/s1. The van der Waals surface area contributed by atoms with Gasteiger partial charge in [0.1, 0.15) is 42.7 Å². The first-order valence-corrected chi connectivity index (χ1v) is 22.9. The SMILES string of the molecule is C[C@@H]1O[C@@H](O[C@H]2[C@H](O[C@H]3CC[C@@]4(C)C(=CC[C@@H]5[C@H]4CC[C@]4(C)[C@@H]6[C@H](C[C@@H]54)O[C@]4(CC[C@@H](COC(=O)C[C@@](C)(O)CC(=O)O)CO4)[C@H]6C)C3)O[C@H](CO)[C@@H](O)[C@@H]2O)[C@H](O)[C@H](O)[C@H]1O. The van der Waals surface area contributed by atoms with Crippen LogP contribution >= 0.6 is 0 Å². The number of rotatable bonds is 11. The molecule has 0 unspecified atom stereocenters. The molecule has 17 heteroatoms. The zero-order chi connectivity index (χ0) is 44.7. The summed E-state index contributed by atoms with van der Waals surface area (Å²) in [6.45, 7) is 9.95. The Morgan fingerprint density at radius 3 is 2.34 bits per heavy atom. The average Bonchev–Trinajstić information content (AvgIpc) is 3.66. The molecule has 0 radical (unpaired) electrons. The number of carboxylic acid groups (broad SMARTS) is 1. The molecule has 62 heavy (non-hydrogen) atoms. The van der Waals surface area contributed by atoms with E-state index in [2.05, 4.69) is 26.8 Å². The molecule has 0 amide bonds. The van der Waals surface area contributed by atoms with E-state index in [1.54, 1.807) is 0 Å². The highest BCUT2D eigenvalue weighted by molar-refractivity contribution is 5.73. The van der Waals surface area contributed by atoms with Crippen molar-refractivity contribution in [2.75, 3.05) is 19.8 Å². The van der Waals surface area contributed by atoms with Crippen LogP contribution in [0.3, 0.4) is 0 Å². The van der Waals surface area contributed by atoms with Gasteiger partial charge in [-0.05, 0) is 99.7 Å². The first-order valence-electron chi connectivity index (χ1n) is 22.9. The van der Waals surface area contributed by atoms with Gasteiger partial charge in [0, 0.05) is 18.3 Å². The molecule has 352 valence electrons. The molecular weight excluding hydrogens is 812 g/mol. The maximum Gasteiger partial charge on any atom is 0.308 e. The Morgan fingerprint density at radius 2 is 1.65 bits per heavy atom. The summed E-state index contributed by atoms with van der Waals surface area (Å²) in [4.78, 5) is 23.4. The molecular formula is C45H70O17. The van der Waals surface area contributed by atoms with Crippen molar-refractivity contribution in [3.8, 4) is 0 Å². The van der Waals surface area contributed by atoms with Gasteiger partial charge in [0.25, 0.3) is 0 Å². The van der Waals surface area contributed by atoms with Crippen molar-refractivity contribution in [1.29, 1.82) is 0 Å². The number of carbonyl (C=O) groups is 2. The molecule has 4 heterocycles. The number of aliphatic hydroxyl groups is 7. The summed E-state index contributed by atoms with van der Waals surface area (Å²) in [6.07, 6.45) is -4.66. The van der Waals surface area contributed by atoms with Crippen molar-refractivity contribution >= 4 is 11.9 Å². The second kappa shape index (κ2) is 17.4. The van der Waals surface area contributed by atoms with Gasteiger partial charge < -0.3 is 74.0 Å². The minimum atomic E-state index is -1.68. The summed E-state index contributed by atoms with van der Waals surface area (Å²) < 4.78 is 43.2. The van der Waals surface area contributed by atoms with Crippen LogP contribution in [0.15, 0.2) is 11.6 Å². The Labute approximate surface area is 363 Å². The number of hydrogen-bond acceptors (Lipinski definition) is 16. The van der Waals surface area contributed by atoms with Crippen LogP contribution in [0.5, 0.6) is 0 Å². The Bertz CT molecular complexity index is 1670. The summed E-state index contributed by atoms with van der Waals surface area (Å²) in [5.74, 6) is -0.514. The lowest BCUT2D eigenvalue weighted by Crippen LogP contribution is -2.64. The van der Waals surface area contributed by atoms with Gasteiger partial charge in [-0.25, -0.2) is 0 Å². The van der Waals surface area contributed by atoms with Crippen LogP contribution in [0, 0.1) is 46.3 Å². The second-order valence-electron chi connectivity index (χ2n) is 21.0. The van der Waals surface area contributed by atoms with E-state index in [9.17, 15) is 45.3 Å². The van der Waals surface area contributed by atoms with Gasteiger partial charge in [-0.1, -0.05) is 32.4 Å². The molecule has 3 saturated carbocycles. The van der Waals surface area contributed by atoms with Crippen LogP contribution in [0.25, 0.3) is 0 Å². The summed E-state index contributed by atoms with van der Waals surface area (Å²) in [5, 5.41) is 82.4. The molecule has 4 saturated heterocycles. The smallest absolute Gasteiger partial charge is 0.308 e. The first kappa shape index (κ1) is 46.7. The third-order valence-corrected chi connectivity index (χ3v) is 17.0. The van der Waals surface area contributed by atoms with Crippen LogP contribution in [-0.2, 0) is 42.7 Å². The molecule has 0 aromatic heterocycles. The highest BCUT2D eigenvalue weighted by Crippen LogP contribution is 2.70. The minimum absolute atomic E-state index is 0.0182. The van der Waals surface area contributed by atoms with E-state index in [1.165, 1.54) is 19.4 Å². The number of esters is 1. The normalized spacial score (nSPS) is 51.0. The Balaban J connectivity index is 0.886. The van der Waals surface area contributed by atoms with Crippen LogP contribution in [0.1, 0.15) is 105 Å². The van der Waals surface area contributed by atoms with Crippen molar-refractivity contribution in [3.05, 3.63) is 11.6 Å². The molecule has 17 nitrogen and oxygen atoms in total. The molecule has 4 aliphatic heterocycles. The maximum atomic E-state index is 12.4. The third kappa shape index (κ3) is 8.32. The summed E-state index contributed by atoms with van der Waals surface area (Å²) in [5.41, 5.74) is -0.286. The number of hydrogen-bond donors (Lipinski definition) is 8. The van der Waals surface area contributed by atoms with Crippen molar-refractivity contribution in [3.63, 3.8) is 0 Å². The fourth-order valence-electron chi connectivity index (χ4n) is 13.6. The molecule has 0 aromatic carbocycles. The Hall–Kier alpha value is -1.84. The predicted molar refractivity (Wildman–Crippen MR) is 214 cm³/mol. The van der Waals surface area contributed by atoms with E-state index in [0.717, 1.165) is 38.5 Å². The number of carboxylic acids is 1. The molecule has 7 fully saturated rings. The largest absolute Gasteiger partial charge is 0.481 e. The molecule has 0 bridgehead atoms. The maximum absolute atomic E-state index is 12.4. The number of aliphatic hydroxyl groups excluding tert-OH is 6. The van der Waals surface area contributed by atoms with Crippen molar-refractivity contribution in [2.45, 2.75) is 190 Å². The molecule has 8 N–H and O–H groups in total. The fraction of sp³-hybridized carbons (Fsp3) is 0.911. The number of fused-ring (bicyclic) bond motifs is 7. The summed E-state index contributed by atoms with van der Waals surface area (Å²) in [6, 6.07) is 0. The van der Waals surface area contributed by atoms with Gasteiger partial charge in [0.05, 0.1) is 56.6 Å². The van der Waals surface area contributed by atoms with Crippen LogP contribution in [0.4, 0.5) is 0 Å². The molecule has 4 aliphatic carbocycles. The monoisotopic (exact) mass is 882 g/mol. The lowest BCUT2D eigenvalue weighted by Gasteiger charge is -2.58. The molecule has 1 spiro atoms. The van der Waals surface area contributed by atoms with Gasteiger partial charge in [0.2, 0.25) is 0 Å². The van der Waals surface area contributed by atoms with Crippen molar-refractivity contribution in [2.24, 2.45) is 46.3 Å². The average molecular weight is 883 g/mol. The van der Waals surface area contributed by atoms with Crippen molar-refractivity contribution in [1.82, 2.24) is 0 Å². The van der Waals surface area contributed by atoms with E-state index in [0.29, 0.717) is 49.5 Å². The number of allylic oxidation sites excluding steroid dienone is 1. The molecule has 0 aromatic rings. The van der Waals surface area contributed by atoms with E-state index in [4.69, 9.17) is 38.3 Å². The van der Waals surface area contributed by atoms with Crippen molar-refractivity contribution < 1.29 is 83.6 Å². The number of carbonyl (C=O) groups excluding carboxylic acids is 1. The molecule has 22 atom stereocenters. The molecule has 8 aliphatic rings. The third-order valence-electron chi connectivity index (χ3n) is 17.0. The quantitative estimate of drug-likeness (QED) is 0.108. The van der Waals surface area contributed by atoms with Crippen LogP contribution in [0.2, 0.25) is 0 Å². The molecule has 8 rings (SSSR count). The van der Waals surface area contributed by atoms with Gasteiger partial charge in [0.15, 0.2) is 18.4 Å². The Morgan fingerprint density at radius 1 is 0.887 bits per heavy atom. The highest BCUT2D eigenvalue weighted by atomic mass is 16.8. The van der Waals surface area contributed by atoms with E-state index >= 15 is 0 Å². The number of ether oxygens (including phenoxy) is 7. The van der Waals surface area contributed by atoms with Gasteiger partial charge >= 0.3 is 11.9 Å². The fourth-order valence-corrected chi connectivity index (χ4v) is 13.6. The lowest BCUT2D eigenvalue weighted by atomic mass is 9.47. The Kier molecular flexibility index (Phi) is 13.1. The zero-order valence-electron chi connectivity index (χ0n) is 36.6. The van der Waals surface area contributed by atoms with Gasteiger partial charge in [-0.15, -0.1) is 0 Å². The van der Waals surface area contributed by atoms with Gasteiger partial charge in [-0.3, -0.25) is 9.59 Å². The second-order valence-corrected chi connectivity index (χ2v) is 21.0. The summed E-state index contributed by atoms with van der Waals surface area (Å²) >= 11 is 0. The van der Waals surface area contributed by atoms with Crippen LogP contribution < -0.4 is 0 Å². The van der Waals surface area contributed by atoms with E-state index in [1.807, 2.05) is 0 Å². The topological polar surface area (TPSA) is 261 Å². The lowest BCUT2D eigenvalue weighted by molar-refractivity contribution is -0.369. The number of aliphatic carboxylic acids is 1. The van der Waals surface area contributed by atoms with E-state index < -0.39 is 104 Å². The zero-order valence-corrected chi connectivity index (χ0v) is 36.6. The van der Waals surface area contributed by atoms with E-state index in [-0.39, 0.29) is 41.5 Å². The first-order chi connectivity index (χ1) is 29.2. The van der Waals surface area contributed by atoms with Gasteiger partial charge in [-0.2, -0.15) is 0 Å². The predicted octanol–water partition coefficient (Wildman–Crippen LogP) is 1.53. The highest BCUT2D eigenvalue weighted by Gasteiger charge is 2.69.